The Bertz CT molecular complexity index is 2020. The number of benzene rings is 2. The summed E-state index contributed by atoms with van der Waals surface area (Å²) in [7, 11) is -2.51. The SMILES string of the molecule is CO[C@H](C)[C@@H]1CCCN1c1cncc(CN2C(=O)c3cccc(c3)S(=O)(=O)Nc3nc(cc(-c4c(C)cccc4C)n3)OC[C@H]2COC(C)(C)C)n1. The van der Waals surface area contributed by atoms with Crippen molar-refractivity contribution >= 4 is 27.7 Å². The summed E-state index contributed by atoms with van der Waals surface area (Å²) >= 11 is 0. The van der Waals surface area contributed by atoms with Crippen LogP contribution in [0.15, 0.2) is 65.8 Å². The minimum absolute atomic E-state index is 0.000318. The molecule has 4 bridgehead atoms. The van der Waals surface area contributed by atoms with Gasteiger partial charge in [0, 0.05) is 30.8 Å². The summed E-state index contributed by atoms with van der Waals surface area (Å²) < 4.78 is 48.4. The molecule has 0 unspecified atom stereocenters. The van der Waals surface area contributed by atoms with E-state index in [1.807, 2.05) is 59.7 Å². The Morgan fingerprint density at radius 2 is 1.79 bits per heavy atom. The molecule has 3 atom stereocenters. The van der Waals surface area contributed by atoms with E-state index in [2.05, 4.69) is 24.6 Å². The van der Waals surface area contributed by atoms with Crippen molar-refractivity contribution in [2.45, 2.75) is 89.6 Å². The second-order valence-electron chi connectivity index (χ2n) is 14.3. The lowest BCUT2D eigenvalue weighted by Gasteiger charge is -2.34. The lowest BCUT2D eigenvalue weighted by Crippen LogP contribution is -2.47. The van der Waals surface area contributed by atoms with Gasteiger partial charge in [-0.05, 0) is 83.7 Å². The quantitative estimate of drug-likeness (QED) is 0.243. The average molecular weight is 730 g/mol. The normalized spacial score (nSPS) is 19.6. The first-order chi connectivity index (χ1) is 24.7. The Balaban J connectivity index is 1.45. The average Bonchev–Trinajstić information content (AvgIpc) is 3.60. The number of nitrogens with one attached hydrogen (secondary N) is 1. The zero-order valence-corrected chi connectivity index (χ0v) is 31.6. The summed E-state index contributed by atoms with van der Waals surface area (Å²) in [4.78, 5) is 36.9. The van der Waals surface area contributed by atoms with Crippen LogP contribution in [0.1, 0.15) is 67.7 Å². The maximum Gasteiger partial charge on any atom is 0.264 e. The lowest BCUT2D eigenvalue weighted by molar-refractivity contribution is -0.0411. The first kappa shape index (κ1) is 37.1. The van der Waals surface area contributed by atoms with E-state index >= 15 is 0 Å². The Labute approximate surface area is 305 Å². The van der Waals surface area contributed by atoms with Crippen molar-refractivity contribution in [3.8, 4) is 17.1 Å². The van der Waals surface area contributed by atoms with Crippen molar-refractivity contribution in [1.82, 2.24) is 24.8 Å². The summed E-state index contributed by atoms with van der Waals surface area (Å²) in [6, 6.07) is 13.0. The van der Waals surface area contributed by atoms with Gasteiger partial charge in [-0.3, -0.25) is 9.78 Å². The van der Waals surface area contributed by atoms with Crippen LogP contribution in [0.4, 0.5) is 11.8 Å². The van der Waals surface area contributed by atoms with Gasteiger partial charge in [0.05, 0.1) is 65.6 Å². The van der Waals surface area contributed by atoms with Crippen LogP contribution in [0.3, 0.4) is 0 Å². The van der Waals surface area contributed by atoms with E-state index in [1.165, 1.54) is 12.1 Å². The molecule has 0 spiro atoms. The van der Waals surface area contributed by atoms with Crippen LogP contribution in [0.5, 0.6) is 5.88 Å². The Hall–Kier alpha value is -4.66. The highest BCUT2D eigenvalue weighted by Crippen LogP contribution is 2.31. The summed E-state index contributed by atoms with van der Waals surface area (Å²) in [5.74, 6) is 0.266. The molecular formula is C38H47N7O6S. The van der Waals surface area contributed by atoms with Gasteiger partial charge >= 0.3 is 0 Å². The fourth-order valence-electron chi connectivity index (χ4n) is 6.66. The molecule has 13 nitrogen and oxygen atoms in total. The fraction of sp³-hybridized carbons (Fsp3) is 0.447. The predicted molar refractivity (Wildman–Crippen MR) is 198 cm³/mol. The van der Waals surface area contributed by atoms with Crippen LogP contribution >= 0.6 is 0 Å². The third-order valence-corrected chi connectivity index (χ3v) is 10.7. The summed E-state index contributed by atoms with van der Waals surface area (Å²) in [5, 5.41) is 0. The highest BCUT2D eigenvalue weighted by Gasteiger charge is 2.33. The number of hydrogen-bond acceptors (Lipinski definition) is 11. The zero-order valence-electron chi connectivity index (χ0n) is 30.8. The number of hydrogen-bond donors (Lipinski definition) is 1. The van der Waals surface area contributed by atoms with Crippen molar-refractivity contribution in [1.29, 1.82) is 0 Å². The topological polar surface area (TPSA) is 149 Å². The third kappa shape index (κ3) is 8.35. The van der Waals surface area contributed by atoms with Gasteiger partial charge in [0.2, 0.25) is 11.8 Å². The monoisotopic (exact) mass is 729 g/mol. The molecule has 14 heteroatoms. The van der Waals surface area contributed by atoms with Crippen molar-refractivity contribution in [2.24, 2.45) is 0 Å². The number of fused-ring (bicyclic) bond motifs is 4. The third-order valence-electron chi connectivity index (χ3n) is 9.40. The number of ether oxygens (including phenoxy) is 3. The second kappa shape index (κ2) is 15.1. The van der Waals surface area contributed by atoms with E-state index in [1.54, 1.807) is 42.6 Å². The zero-order chi connectivity index (χ0) is 37.2. The molecule has 6 rings (SSSR count). The minimum Gasteiger partial charge on any atom is -0.475 e. The predicted octanol–water partition coefficient (Wildman–Crippen LogP) is 5.57. The van der Waals surface area contributed by atoms with Gasteiger partial charge in [-0.25, -0.2) is 23.1 Å². The second-order valence-corrected chi connectivity index (χ2v) is 16.0. The highest BCUT2D eigenvalue weighted by atomic mass is 32.2. The van der Waals surface area contributed by atoms with E-state index in [-0.39, 0.29) is 54.2 Å². The summed E-state index contributed by atoms with van der Waals surface area (Å²) in [5.41, 5.74) is 3.43. The molecule has 4 heterocycles. The fourth-order valence-corrected chi connectivity index (χ4v) is 7.65. The Kier molecular flexibility index (Phi) is 10.8. The van der Waals surface area contributed by atoms with Crippen LogP contribution in [-0.2, 0) is 26.0 Å². The smallest absolute Gasteiger partial charge is 0.264 e. The molecule has 4 aromatic rings. The van der Waals surface area contributed by atoms with Gasteiger partial charge in [0.1, 0.15) is 12.4 Å². The highest BCUT2D eigenvalue weighted by molar-refractivity contribution is 7.92. The molecule has 276 valence electrons. The minimum atomic E-state index is -4.21. The number of nitrogens with zero attached hydrogens (tertiary/aromatic N) is 6. The first-order valence-corrected chi connectivity index (χ1v) is 19.0. The number of carbonyl (C=O) groups excluding carboxylic acids is 1. The number of amides is 1. The van der Waals surface area contributed by atoms with Gasteiger partial charge < -0.3 is 24.0 Å². The van der Waals surface area contributed by atoms with Gasteiger partial charge in [-0.15, -0.1) is 0 Å². The largest absolute Gasteiger partial charge is 0.475 e. The van der Waals surface area contributed by atoms with Gasteiger partial charge in [-0.1, -0.05) is 24.3 Å². The molecule has 0 aliphatic carbocycles. The summed E-state index contributed by atoms with van der Waals surface area (Å²) in [6.07, 6.45) is 5.35. The maximum absolute atomic E-state index is 14.6. The van der Waals surface area contributed by atoms with E-state index in [0.717, 1.165) is 36.1 Å². The number of anilines is 2. The standard InChI is InChI=1S/C38H47N7O6S/c1-24-11-8-12-25(2)35(24)31-18-34-42-37(41-31)43-52(47,48)30-14-9-13-27(17-30)36(46)45(29(22-50-34)23-51-38(4,5)6)21-28-19-39-20-33(40-28)44-16-10-15-32(44)26(3)49-7/h8-9,11-14,17-20,26,29,32H,10,15-16,21-23H2,1-7H3,(H,41,42,43)/t26-,29+,32+/m1/s1. The van der Waals surface area contributed by atoms with Crippen LogP contribution < -0.4 is 14.4 Å². The number of methoxy groups -OCH3 is 1. The molecule has 2 aliphatic heterocycles. The van der Waals surface area contributed by atoms with Crippen LogP contribution in [-0.4, -0.2) is 89.8 Å². The molecule has 2 aromatic carbocycles. The number of rotatable bonds is 8. The molecular weight excluding hydrogens is 683 g/mol. The van der Waals surface area contributed by atoms with Crippen molar-refractivity contribution in [3.05, 3.63) is 83.3 Å². The Morgan fingerprint density at radius 3 is 2.52 bits per heavy atom. The number of aryl methyl sites for hydroxylation is 2. The molecule has 52 heavy (non-hydrogen) atoms. The van der Waals surface area contributed by atoms with E-state index in [9.17, 15) is 13.2 Å². The molecule has 1 N–H and O–H groups in total. The molecule has 0 saturated carbocycles. The number of carbonyl (C=O) groups is 1. The molecule has 2 aromatic heterocycles. The number of aromatic nitrogens is 4. The van der Waals surface area contributed by atoms with E-state index in [0.29, 0.717) is 17.2 Å². The van der Waals surface area contributed by atoms with Gasteiger partial charge in [0.25, 0.3) is 15.9 Å². The van der Waals surface area contributed by atoms with Crippen molar-refractivity contribution in [2.75, 3.05) is 36.5 Å². The van der Waals surface area contributed by atoms with Crippen molar-refractivity contribution in [3.63, 3.8) is 0 Å². The van der Waals surface area contributed by atoms with E-state index in [4.69, 9.17) is 19.2 Å². The lowest BCUT2D eigenvalue weighted by atomic mass is 10.00. The number of sulfonamides is 1. The van der Waals surface area contributed by atoms with Gasteiger partial charge in [0.15, 0.2) is 0 Å². The van der Waals surface area contributed by atoms with Crippen LogP contribution in [0, 0.1) is 13.8 Å². The molecule has 1 amide bonds. The van der Waals surface area contributed by atoms with E-state index < -0.39 is 27.6 Å². The molecule has 2 aliphatic rings. The molecule has 1 fully saturated rings. The molecule has 0 radical (unpaired) electrons. The van der Waals surface area contributed by atoms with Crippen LogP contribution in [0.2, 0.25) is 0 Å². The summed E-state index contributed by atoms with van der Waals surface area (Å²) in [6.45, 7) is 12.8. The van der Waals surface area contributed by atoms with Crippen LogP contribution in [0.25, 0.3) is 11.3 Å². The van der Waals surface area contributed by atoms with Crippen molar-refractivity contribution < 1.29 is 27.4 Å². The van der Waals surface area contributed by atoms with Gasteiger partial charge in [-0.2, -0.15) is 4.98 Å². The Morgan fingerprint density at radius 1 is 1.04 bits per heavy atom. The maximum atomic E-state index is 14.6. The first-order valence-electron chi connectivity index (χ1n) is 17.5. The molecule has 1 saturated heterocycles.